The molecular weight excluding hydrogens is 248 g/mol. The van der Waals surface area contributed by atoms with Crippen molar-refractivity contribution in [3.8, 4) is 0 Å². The third-order valence-electron chi connectivity index (χ3n) is 4.24. The minimum atomic E-state index is 0.255. The average Bonchev–Trinajstić information content (AvgIpc) is 2.93. The first-order chi connectivity index (χ1) is 9.61. The normalized spacial score (nSPS) is 18.8. The van der Waals surface area contributed by atoms with Crippen molar-refractivity contribution in [2.45, 2.75) is 51.5 Å². The van der Waals surface area contributed by atoms with Gasteiger partial charge >= 0.3 is 0 Å². The lowest BCUT2D eigenvalue weighted by molar-refractivity contribution is -0.131. The quantitative estimate of drug-likeness (QED) is 0.897. The Balaban J connectivity index is 1.87. The number of hydrogen-bond donors (Lipinski definition) is 1. The lowest BCUT2D eigenvalue weighted by atomic mass is 10.00. The molecule has 1 aliphatic rings. The second kappa shape index (κ2) is 6.89. The smallest absolute Gasteiger partial charge is 0.223 e. The number of nitrogens with two attached hydrogens (primary N) is 1. The number of likely N-dealkylation sites (tertiary alicyclic amines) is 1. The van der Waals surface area contributed by atoms with Crippen molar-refractivity contribution in [2.24, 2.45) is 5.73 Å². The van der Waals surface area contributed by atoms with Crippen LogP contribution in [0, 0.1) is 0 Å². The summed E-state index contributed by atoms with van der Waals surface area (Å²) in [7, 11) is 0. The number of amides is 1. The van der Waals surface area contributed by atoms with E-state index in [0.717, 1.165) is 25.8 Å². The number of rotatable bonds is 5. The highest BCUT2D eigenvalue weighted by atomic mass is 16.2. The Morgan fingerprint density at radius 2 is 2.05 bits per heavy atom. The van der Waals surface area contributed by atoms with Crippen molar-refractivity contribution in [3.63, 3.8) is 0 Å². The Hall–Kier alpha value is -1.35. The zero-order chi connectivity index (χ0) is 14.5. The van der Waals surface area contributed by atoms with E-state index in [1.54, 1.807) is 0 Å². The van der Waals surface area contributed by atoms with Gasteiger partial charge < -0.3 is 10.6 Å². The molecule has 0 spiro atoms. The molecule has 0 radical (unpaired) electrons. The van der Waals surface area contributed by atoms with Crippen LogP contribution in [0.5, 0.6) is 0 Å². The lowest BCUT2D eigenvalue weighted by Gasteiger charge is -2.23. The lowest BCUT2D eigenvalue weighted by Crippen LogP contribution is -2.39. The molecule has 2 N–H and O–H groups in total. The highest BCUT2D eigenvalue weighted by Gasteiger charge is 2.26. The van der Waals surface area contributed by atoms with E-state index < -0.39 is 0 Å². The van der Waals surface area contributed by atoms with Gasteiger partial charge in [0.1, 0.15) is 0 Å². The molecule has 0 saturated carbocycles. The summed E-state index contributed by atoms with van der Waals surface area (Å²) in [5.74, 6) is 0.812. The van der Waals surface area contributed by atoms with E-state index in [-0.39, 0.29) is 11.9 Å². The van der Waals surface area contributed by atoms with Gasteiger partial charge in [-0.3, -0.25) is 4.79 Å². The van der Waals surface area contributed by atoms with Crippen LogP contribution < -0.4 is 5.73 Å². The summed E-state index contributed by atoms with van der Waals surface area (Å²) >= 11 is 0. The van der Waals surface area contributed by atoms with Crippen LogP contribution in [0.25, 0.3) is 0 Å². The van der Waals surface area contributed by atoms with Gasteiger partial charge in [0.2, 0.25) is 5.91 Å². The topological polar surface area (TPSA) is 46.3 Å². The van der Waals surface area contributed by atoms with Gasteiger partial charge in [0.25, 0.3) is 0 Å². The van der Waals surface area contributed by atoms with Gasteiger partial charge in [-0.15, -0.1) is 0 Å². The maximum Gasteiger partial charge on any atom is 0.223 e. The molecule has 1 unspecified atom stereocenters. The van der Waals surface area contributed by atoms with Crippen LogP contribution in [-0.4, -0.2) is 29.9 Å². The molecule has 2 rings (SSSR count). The van der Waals surface area contributed by atoms with Crippen LogP contribution in [0.15, 0.2) is 24.3 Å². The van der Waals surface area contributed by atoms with Crippen LogP contribution in [0.3, 0.4) is 0 Å². The van der Waals surface area contributed by atoms with Crippen LogP contribution in [0.1, 0.15) is 50.2 Å². The second-order valence-electron chi connectivity index (χ2n) is 6.02. The summed E-state index contributed by atoms with van der Waals surface area (Å²) in [6.45, 7) is 5.86. The Bertz CT molecular complexity index is 439. The molecule has 1 heterocycles. The Morgan fingerprint density at radius 3 is 2.65 bits per heavy atom. The molecule has 1 aliphatic heterocycles. The molecule has 20 heavy (non-hydrogen) atoms. The fraction of sp³-hybridized carbons (Fsp3) is 0.588. The van der Waals surface area contributed by atoms with Gasteiger partial charge in [-0.2, -0.15) is 0 Å². The maximum atomic E-state index is 12.2. The molecule has 1 aromatic carbocycles. The molecule has 0 bridgehead atoms. The van der Waals surface area contributed by atoms with E-state index in [4.69, 9.17) is 5.73 Å². The first-order valence-electron chi connectivity index (χ1n) is 7.70. The second-order valence-corrected chi connectivity index (χ2v) is 6.02. The van der Waals surface area contributed by atoms with Gasteiger partial charge in [0.05, 0.1) is 0 Å². The fourth-order valence-corrected chi connectivity index (χ4v) is 2.87. The van der Waals surface area contributed by atoms with Gasteiger partial charge in [0.15, 0.2) is 0 Å². The number of carbonyl (C=O) groups excluding carboxylic acids is 1. The van der Waals surface area contributed by atoms with Gasteiger partial charge in [-0.1, -0.05) is 38.1 Å². The van der Waals surface area contributed by atoms with Crippen molar-refractivity contribution < 1.29 is 4.79 Å². The molecule has 1 atom stereocenters. The largest absolute Gasteiger partial charge is 0.338 e. The third kappa shape index (κ3) is 3.60. The minimum Gasteiger partial charge on any atom is -0.338 e. The van der Waals surface area contributed by atoms with Gasteiger partial charge in [0, 0.05) is 25.6 Å². The van der Waals surface area contributed by atoms with Crippen LogP contribution in [0.4, 0.5) is 0 Å². The summed E-state index contributed by atoms with van der Waals surface area (Å²) in [4.78, 5) is 14.2. The van der Waals surface area contributed by atoms with Crippen molar-refractivity contribution in [3.05, 3.63) is 35.4 Å². The summed E-state index contributed by atoms with van der Waals surface area (Å²) < 4.78 is 0. The van der Waals surface area contributed by atoms with E-state index in [1.165, 1.54) is 11.1 Å². The first-order valence-corrected chi connectivity index (χ1v) is 7.70. The first kappa shape index (κ1) is 15.0. The van der Waals surface area contributed by atoms with E-state index in [0.29, 0.717) is 18.9 Å². The van der Waals surface area contributed by atoms with Gasteiger partial charge in [-0.05, 0) is 36.3 Å². The molecule has 1 saturated heterocycles. The van der Waals surface area contributed by atoms with E-state index in [1.807, 2.05) is 4.90 Å². The van der Waals surface area contributed by atoms with Crippen molar-refractivity contribution >= 4 is 5.91 Å². The summed E-state index contributed by atoms with van der Waals surface area (Å²) in [5, 5.41) is 0. The van der Waals surface area contributed by atoms with E-state index >= 15 is 0 Å². The molecule has 110 valence electrons. The van der Waals surface area contributed by atoms with Crippen LogP contribution in [-0.2, 0) is 11.2 Å². The maximum absolute atomic E-state index is 12.2. The number of carbonyl (C=O) groups is 1. The van der Waals surface area contributed by atoms with Crippen LogP contribution >= 0.6 is 0 Å². The van der Waals surface area contributed by atoms with Crippen molar-refractivity contribution in [2.75, 3.05) is 13.1 Å². The highest BCUT2D eigenvalue weighted by Crippen LogP contribution is 2.19. The predicted octanol–water partition coefficient (Wildman–Crippen LogP) is 2.69. The molecule has 3 nitrogen and oxygen atoms in total. The molecule has 0 aliphatic carbocycles. The predicted molar refractivity (Wildman–Crippen MR) is 82.6 cm³/mol. The zero-order valence-corrected chi connectivity index (χ0v) is 12.6. The molecule has 0 aromatic heterocycles. The van der Waals surface area contributed by atoms with Crippen molar-refractivity contribution in [1.29, 1.82) is 0 Å². The average molecular weight is 274 g/mol. The monoisotopic (exact) mass is 274 g/mol. The molecular formula is C17H26N2O. The number of nitrogens with zero attached hydrogens (tertiary/aromatic N) is 1. The summed E-state index contributed by atoms with van der Waals surface area (Å²) in [6.07, 6.45) is 3.57. The van der Waals surface area contributed by atoms with Crippen LogP contribution in [0.2, 0.25) is 0 Å². The summed E-state index contributed by atoms with van der Waals surface area (Å²) in [6, 6.07) is 8.90. The molecule has 1 fully saturated rings. The Kier molecular flexibility index (Phi) is 5.18. The fourth-order valence-electron chi connectivity index (χ4n) is 2.87. The highest BCUT2D eigenvalue weighted by molar-refractivity contribution is 5.77. The molecule has 1 aromatic rings. The molecule has 3 heteroatoms. The van der Waals surface area contributed by atoms with E-state index in [2.05, 4.69) is 38.1 Å². The molecule has 1 amide bonds. The number of aryl methyl sites for hydroxylation is 1. The third-order valence-corrected chi connectivity index (χ3v) is 4.24. The van der Waals surface area contributed by atoms with Gasteiger partial charge in [-0.25, -0.2) is 0 Å². The van der Waals surface area contributed by atoms with Crippen molar-refractivity contribution in [1.82, 2.24) is 4.90 Å². The SMILES string of the molecule is CC(C)c1ccc(CCC(=O)N2CCCC2CN)cc1. The zero-order valence-electron chi connectivity index (χ0n) is 12.6. The Labute approximate surface area is 122 Å². The minimum absolute atomic E-state index is 0.255. The van der Waals surface area contributed by atoms with E-state index in [9.17, 15) is 4.79 Å². The number of hydrogen-bond acceptors (Lipinski definition) is 2. The summed E-state index contributed by atoms with van der Waals surface area (Å²) in [5.41, 5.74) is 8.31. The number of benzene rings is 1. The Morgan fingerprint density at radius 1 is 1.35 bits per heavy atom. The standard InChI is InChI=1S/C17H26N2O/c1-13(2)15-8-5-14(6-9-15)7-10-17(20)19-11-3-4-16(19)12-18/h5-6,8-9,13,16H,3-4,7,10-12,18H2,1-2H3.